The monoisotopic (exact) mass is 366 g/mol. The zero-order valence-electron chi connectivity index (χ0n) is 16.2. The molecule has 0 aliphatic heterocycles. The SMILES string of the molecule is CCOC(=O)C(=O)C1=CCC2C3CCC4=CC(=O)C=C[C@]4(C)C3=CC[C@]12C. The lowest BCUT2D eigenvalue weighted by molar-refractivity contribution is -0.152. The van der Waals surface area contributed by atoms with Gasteiger partial charge in [0.1, 0.15) is 0 Å². The molecule has 4 atom stereocenters. The van der Waals surface area contributed by atoms with E-state index in [4.69, 9.17) is 4.74 Å². The van der Waals surface area contributed by atoms with Gasteiger partial charge in [-0.25, -0.2) is 4.79 Å². The summed E-state index contributed by atoms with van der Waals surface area (Å²) in [5.74, 6) is -0.464. The summed E-state index contributed by atoms with van der Waals surface area (Å²) in [4.78, 5) is 36.5. The number of carbonyl (C=O) groups excluding carboxylic acids is 3. The number of esters is 1. The molecule has 0 radical (unpaired) electrons. The van der Waals surface area contributed by atoms with Crippen molar-refractivity contribution in [3.05, 3.63) is 47.1 Å². The molecule has 0 aromatic carbocycles. The van der Waals surface area contributed by atoms with E-state index in [1.807, 2.05) is 6.08 Å². The van der Waals surface area contributed by atoms with Crippen LogP contribution in [-0.4, -0.2) is 24.1 Å². The smallest absolute Gasteiger partial charge is 0.379 e. The maximum atomic E-state index is 12.7. The van der Waals surface area contributed by atoms with E-state index in [1.54, 1.807) is 19.1 Å². The Balaban J connectivity index is 1.67. The highest BCUT2D eigenvalue weighted by Gasteiger charge is 2.54. The Kier molecular flexibility index (Phi) is 4.13. The van der Waals surface area contributed by atoms with Gasteiger partial charge in [-0.15, -0.1) is 0 Å². The molecule has 0 saturated heterocycles. The number of hydrogen-bond donors (Lipinski definition) is 0. The first-order valence-electron chi connectivity index (χ1n) is 9.88. The van der Waals surface area contributed by atoms with Gasteiger partial charge in [0.05, 0.1) is 6.61 Å². The zero-order chi connectivity index (χ0) is 19.4. The first-order valence-corrected chi connectivity index (χ1v) is 9.88. The number of rotatable bonds is 3. The fourth-order valence-electron chi connectivity index (χ4n) is 5.76. The number of Topliss-reactive ketones (excluding diaryl/α,β-unsaturated/α-hetero) is 1. The number of allylic oxidation sites excluding steroid dienone is 7. The van der Waals surface area contributed by atoms with Gasteiger partial charge >= 0.3 is 5.97 Å². The minimum Gasteiger partial charge on any atom is -0.460 e. The number of hydrogen-bond acceptors (Lipinski definition) is 4. The largest absolute Gasteiger partial charge is 0.460 e. The Morgan fingerprint density at radius 1 is 1.26 bits per heavy atom. The molecule has 4 heteroatoms. The summed E-state index contributed by atoms with van der Waals surface area (Å²) in [6.45, 7) is 6.25. The van der Waals surface area contributed by atoms with Crippen LogP contribution in [0.3, 0.4) is 0 Å². The minimum atomic E-state index is -0.741. The van der Waals surface area contributed by atoms with E-state index in [0.29, 0.717) is 17.4 Å². The highest BCUT2D eigenvalue weighted by Crippen LogP contribution is 2.62. The average molecular weight is 366 g/mol. The van der Waals surface area contributed by atoms with E-state index in [-0.39, 0.29) is 23.2 Å². The average Bonchev–Trinajstić information content (AvgIpc) is 2.99. The van der Waals surface area contributed by atoms with Crippen LogP contribution in [0.1, 0.15) is 46.5 Å². The fourth-order valence-corrected chi connectivity index (χ4v) is 5.76. The molecule has 4 rings (SSSR count). The Morgan fingerprint density at radius 2 is 2.04 bits per heavy atom. The van der Waals surface area contributed by atoms with Crippen LogP contribution in [0.4, 0.5) is 0 Å². The van der Waals surface area contributed by atoms with Gasteiger partial charge in [-0.2, -0.15) is 0 Å². The number of ether oxygens (including phenoxy) is 1. The van der Waals surface area contributed by atoms with Gasteiger partial charge in [-0.3, -0.25) is 9.59 Å². The van der Waals surface area contributed by atoms with Gasteiger partial charge in [-0.05, 0) is 63.5 Å². The molecule has 1 fully saturated rings. The molecular formula is C23H26O4. The van der Waals surface area contributed by atoms with E-state index in [1.165, 1.54) is 11.1 Å². The van der Waals surface area contributed by atoms with E-state index < -0.39 is 11.8 Å². The van der Waals surface area contributed by atoms with Gasteiger partial charge in [0.2, 0.25) is 0 Å². The lowest BCUT2D eigenvalue weighted by Crippen LogP contribution is -2.44. The van der Waals surface area contributed by atoms with E-state index >= 15 is 0 Å². The summed E-state index contributed by atoms with van der Waals surface area (Å²) in [6.07, 6.45) is 13.2. The van der Waals surface area contributed by atoms with Crippen molar-refractivity contribution in [1.82, 2.24) is 0 Å². The van der Waals surface area contributed by atoms with Gasteiger partial charge < -0.3 is 4.74 Å². The van der Waals surface area contributed by atoms with E-state index in [0.717, 1.165) is 25.7 Å². The van der Waals surface area contributed by atoms with Crippen molar-refractivity contribution >= 4 is 17.5 Å². The van der Waals surface area contributed by atoms with Crippen LogP contribution in [-0.2, 0) is 19.1 Å². The van der Waals surface area contributed by atoms with Gasteiger partial charge in [0.15, 0.2) is 5.78 Å². The Hall–Kier alpha value is -2.23. The van der Waals surface area contributed by atoms with Crippen LogP contribution in [0.25, 0.3) is 0 Å². The number of carbonyl (C=O) groups is 3. The highest BCUT2D eigenvalue weighted by molar-refractivity contribution is 6.40. The molecule has 4 aliphatic carbocycles. The molecule has 0 N–H and O–H groups in total. The molecule has 0 aromatic rings. The molecule has 0 bridgehead atoms. The molecule has 1 saturated carbocycles. The third kappa shape index (κ3) is 2.53. The lowest BCUT2D eigenvalue weighted by atomic mass is 9.52. The quantitative estimate of drug-likeness (QED) is 0.432. The summed E-state index contributed by atoms with van der Waals surface area (Å²) in [6, 6.07) is 0. The summed E-state index contributed by atoms with van der Waals surface area (Å²) in [7, 11) is 0. The van der Waals surface area contributed by atoms with Crippen molar-refractivity contribution in [2.75, 3.05) is 6.61 Å². The van der Waals surface area contributed by atoms with Crippen molar-refractivity contribution < 1.29 is 19.1 Å². The highest BCUT2D eigenvalue weighted by atomic mass is 16.5. The third-order valence-corrected chi connectivity index (χ3v) is 7.24. The Bertz CT molecular complexity index is 856. The van der Waals surface area contributed by atoms with E-state index in [9.17, 15) is 14.4 Å². The minimum absolute atomic E-state index is 0.0759. The second kappa shape index (κ2) is 6.15. The first kappa shape index (κ1) is 18.1. The second-order valence-electron chi connectivity index (χ2n) is 8.54. The maximum absolute atomic E-state index is 12.7. The van der Waals surface area contributed by atoms with Gasteiger partial charge in [0.25, 0.3) is 5.78 Å². The predicted octanol–water partition coefficient (Wildman–Crippen LogP) is 3.88. The Morgan fingerprint density at radius 3 is 2.78 bits per heavy atom. The second-order valence-corrected chi connectivity index (χ2v) is 8.54. The molecule has 2 unspecified atom stereocenters. The molecule has 0 aromatic heterocycles. The van der Waals surface area contributed by atoms with Crippen LogP contribution in [0, 0.1) is 22.7 Å². The summed E-state index contributed by atoms with van der Waals surface area (Å²) in [5.41, 5.74) is 2.71. The first-order chi connectivity index (χ1) is 12.8. The normalized spacial score (nSPS) is 36.7. The van der Waals surface area contributed by atoms with Gasteiger partial charge in [0, 0.05) is 16.4 Å². The molecule has 0 spiro atoms. The standard InChI is InChI=1S/C23H26O4/c1-4-27-21(26)20(25)19-8-7-17-16-6-5-14-13-15(24)9-11-22(14,2)18(16)10-12-23(17,19)3/h8-11,13,16-17H,4-7,12H2,1-3H3/t16?,17?,22-,23-/m0/s1. The Labute approximate surface area is 160 Å². The van der Waals surface area contributed by atoms with Crippen LogP contribution < -0.4 is 0 Å². The van der Waals surface area contributed by atoms with Crippen molar-refractivity contribution in [3.8, 4) is 0 Å². The third-order valence-electron chi connectivity index (χ3n) is 7.24. The van der Waals surface area contributed by atoms with Gasteiger partial charge in [-0.1, -0.05) is 36.3 Å². The number of fused-ring (bicyclic) bond motifs is 5. The maximum Gasteiger partial charge on any atom is 0.379 e. The molecular weight excluding hydrogens is 340 g/mol. The molecule has 142 valence electrons. The van der Waals surface area contributed by atoms with E-state index in [2.05, 4.69) is 26.0 Å². The van der Waals surface area contributed by atoms with Crippen LogP contribution >= 0.6 is 0 Å². The summed E-state index contributed by atoms with van der Waals surface area (Å²) >= 11 is 0. The van der Waals surface area contributed by atoms with Crippen LogP contribution in [0.15, 0.2) is 47.1 Å². The predicted molar refractivity (Wildman–Crippen MR) is 102 cm³/mol. The molecule has 4 aliphatic rings. The van der Waals surface area contributed by atoms with Crippen LogP contribution in [0.5, 0.6) is 0 Å². The van der Waals surface area contributed by atoms with Crippen molar-refractivity contribution in [3.63, 3.8) is 0 Å². The number of ketones is 2. The summed E-state index contributed by atoms with van der Waals surface area (Å²) in [5, 5.41) is 0. The molecule has 0 amide bonds. The zero-order valence-corrected chi connectivity index (χ0v) is 16.2. The lowest BCUT2D eigenvalue weighted by Gasteiger charge is -2.51. The van der Waals surface area contributed by atoms with Crippen LogP contribution in [0.2, 0.25) is 0 Å². The molecule has 27 heavy (non-hydrogen) atoms. The van der Waals surface area contributed by atoms with Crippen molar-refractivity contribution in [2.24, 2.45) is 22.7 Å². The summed E-state index contributed by atoms with van der Waals surface area (Å²) < 4.78 is 4.95. The molecule has 4 nitrogen and oxygen atoms in total. The molecule has 0 heterocycles. The fraction of sp³-hybridized carbons (Fsp3) is 0.522. The van der Waals surface area contributed by atoms with Crippen molar-refractivity contribution in [2.45, 2.75) is 46.5 Å². The topological polar surface area (TPSA) is 60.4 Å². The van der Waals surface area contributed by atoms with Crippen molar-refractivity contribution in [1.29, 1.82) is 0 Å².